The summed E-state index contributed by atoms with van der Waals surface area (Å²) in [5.74, 6) is 0.355. The lowest BCUT2D eigenvalue weighted by Gasteiger charge is -2.59. The van der Waals surface area contributed by atoms with E-state index in [-0.39, 0.29) is 35.7 Å². The summed E-state index contributed by atoms with van der Waals surface area (Å²) >= 11 is 6.09. The molecule has 1 aromatic carbocycles. The van der Waals surface area contributed by atoms with E-state index in [2.05, 4.69) is 51.2 Å². The Hall–Kier alpha value is -5.43. The zero-order valence-corrected chi connectivity index (χ0v) is 54.3. The number of ether oxygens (including phenoxy) is 3. The fourth-order valence-corrected chi connectivity index (χ4v) is 13.6. The van der Waals surface area contributed by atoms with Crippen molar-refractivity contribution < 1.29 is 46.6 Å². The fraction of sp³-hybridized carbons (Fsp3) is 0.703. The molecule has 6 heterocycles. The number of nitrogens with zero attached hydrogens (tertiary/aromatic N) is 9. The van der Waals surface area contributed by atoms with Crippen LogP contribution in [0.1, 0.15) is 137 Å². The van der Waals surface area contributed by atoms with E-state index in [4.69, 9.17) is 35.6 Å². The number of anilines is 2. The van der Waals surface area contributed by atoms with Crippen molar-refractivity contribution in [2.24, 2.45) is 32.7 Å². The molecule has 3 unspecified atom stereocenters. The van der Waals surface area contributed by atoms with Crippen LogP contribution in [0, 0.1) is 22.7 Å². The van der Waals surface area contributed by atoms with Crippen molar-refractivity contribution in [1.82, 2.24) is 46.0 Å². The normalized spacial score (nSPS) is 20.7. The van der Waals surface area contributed by atoms with Gasteiger partial charge in [-0.15, -0.1) is 0 Å². The molecular formula is C64H99ClF3N13O7. The number of amides is 2. The number of alkyl halides is 3. The average Bonchev–Trinajstić information content (AvgIpc) is 1.60. The number of likely N-dealkylation sites (tertiary alicyclic amines) is 1. The van der Waals surface area contributed by atoms with E-state index in [0.29, 0.717) is 91.6 Å². The maximum absolute atomic E-state index is 14.5. The second-order valence-corrected chi connectivity index (χ2v) is 26.0. The minimum absolute atomic E-state index is 0.0398. The van der Waals surface area contributed by atoms with Crippen LogP contribution in [-0.2, 0) is 46.4 Å². The van der Waals surface area contributed by atoms with Gasteiger partial charge in [-0.05, 0) is 138 Å². The largest absolute Gasteiger partial charge is 0.467 e. The average molecular weight is 1260 g/mol. The highest BCUT2D eigenvalue weighted by Gasteiger charge is 2.53. The Kier molecular flexibility index (Phi) is 25.9. The number of benzene rings is 1. The second kappa shape index (κ2) is 32.5. The Morgan fingerprint density at radius 1 is 0.932 bits per heavy atom. The van der Waals surface area contributed by atoms with Crippen LogP contribution in [0.4, 0.5) is 24.5 Å². The summed E-state index contributed by atoms with van der Waals surface area (Å²) in [5, 5.41) is 5.77. The summed E-state index contributed by atoms with van der Waals surface area (Å²) in [5.41, 5.74) is 13.9. The smallest absolute Gasteiger partial charge is 0.406 e. The summed E-state index contributed by atoms with van der Waals surface area (Å²) < 4.78 is 61.4. The molecule has 7 fully saturated rings. The molecule has 4 saturated heterocycles. The SMILES string of the molecule is C=O.CC.CC(C)N=CN=C(Cl)NNC1CC2(C1)CN(CC(C(=O)NC(C)C(=O)N1CCCCN1)C1CCCC1)C2.COC(C)c1ncc(N2CCN(C3CC3)CC2)cc1-c1c(CC(C)(C)COC=O)c2cc(N3CCOCC3)ccc2n1CC(F)(F)F. The number of carbonyl (C=O) groups is 4. The van der Waals surface area contributed by atoms with Crippen molar-refractivity contribution in [3.05, 3.63) is 41.7 Å². The van der Waals surface area contributed by atoms with Gasteiger partial charge in [-0.2, -0.15) is 13.2 Å². The van der Waals surface area contributed by atoms with Crippen molar-refractivity contribution in [2.75, 3.05) is 109 Å². The van der Waals surface area contributed by atoms with Gasteiger partial charge in [-0.3, -0.25) is 39.7 Å². The highest BCUT2D eigenvalue weighted by atomic mass is 35.5. The number of aromatic nitrogens is 2. The second-order valence-electron chi connectivity index (χ2n) is 25.6. The number of pyridine rings is 1. The van der Waals surface area contributed by atoms with Gasteiger partial charge in [0.05, 0.1) is 55.1 Å². The number of piperazine rings is 1. The van der Waals surface area contributed by atoms with Crippen LogP contribution in [0.25, 0.3) is 22.2 Å². The Bertz CT molecular complexity index is 2780. The molecule has 10 rings (SSSR count). The Balaban J connectivity index is 0.000000244. The minimum Gasteiger partial charge on any atom is -0.467 e. The van der Waals surface area contributed by atoms with Crippen LogP contribution < -0.4 is 31.4 Å². The molecule has 88 heavy (non-hydrogen) atoms. The van der Waals surface area contributed by atoms with Gasteiger partial charge in [0, 0.05) is 125 Å². The Labute approximate surface area is 524 Å². The third-order valence-electron chi connectivity index (χ3n) is 18.0. The van der Waals surface area contributed by atoms with Crippen LogP contribution in [-0.4, -0.2) is 190 Å². The molecule has 490 valence electrons. The highest BCUT2D eigenvalue weighted by Crippen LogP contribution is 2.49. The first kappa shape index (κ1) is 70.0. The molecule has 3 aromatic rings. The van der Waals surface area contributed by atoms with Gasteiger partial charge in [0.15, 0.2) is 0 Å². The van der Waals surface area contributed by atoms with Gasteiger partial charge >= 0.3 is 6.18 Å². The molecule has 2 aromatic heterocycles. The Morgan fingerprint density at radius 3 is 2.23 bits per heavy atom. The number of methoxy groups -OCH3 is 1. The predicted octanol–water partition coefficient (Wildman–Crippen LogP) is 8.69. The first-order chi connectivity index (χ1) is 42.2. The summed E-state index contributed by atoms with van der Waals surface area (Å²) in [4.78, 5) is 67.9. The van der Waals surface area contributed by atoms with E-state index in [9.17, 15) is 27.6 Å². The van der Waals surface area contributed by atoms with Gasteiger partial charge < -0.3 is 43.6 Å². The molecule has 2 amide bonds. The van der Waals surface area contributed by atoms with Crippen LogP contribution in [0.2, 0.25) is 0 Å². The lowest BCUT2D eigenvalue weighted by Crippen LogP contribution is -2.68. The quantitative estimate of drug-likeness (QED) is 0.0244. The molecule has 3 aliphatic carbocycles. The predicted molar refractivity (Wildman–Crippen MR) is 342 cm³/mol. The molecule has 3 atom stereocenters. The van der Waals surface area contributed by atoms with Gasteiger partial charge in [-0.1, -0.05) is 40.5 Å². The number of aliphatic imine (C=N–C) groups is 2. The van der Waals surface area contributed by atoms with Crippen LogP contribution in [0.15, 0.2) is 40.4 Å². The van der Waals surface area contributed by atoms with E-state index >= 15 is 0 Å². The summed E-state index contributed by atoms with van der Waals surface area (Å²) in [6.45, 7) is 27.4. The van der Waals surface area contributed by atoms with Crippen molar-refractivity contribution in [3.63, 3.8) is 0 Å². The van der Waals surface area contributed by atoms with Crippen molar-refractivity contribution >= 4 is 70.6 Å². The Morgan fingerprint density at radius 2 is 1.61 bits per heavy atom. The van der Waals surface area contributed by atoms with Crippen molar-refractivity contribution in [1.29, 1.82) is 0 Å². The first-order valence-corrected chi connectivity index (χ1v) is 32.4. The van der Waals surface area contributed by atoms with E-state index in [1.165, 1.54) is 36.6 Å². The first-order valence-electron chi connectivity index (χ1n) is 32.0. The molecule has 4 aliphatic heterocycles. The highest BCUT2D eigenvalue weighted by molar-refractivity contribution is 6.65. The standard InChI is InChI=1S/C35H46F3N5O4.C26H45ClN8O2.C2H6.CH2O/c1-24(45-4)32-29(18-27(20-39-32)41-11-9-40(10-12-41)25-5-6-25)33-30(19-34(2,3)22-47-23-44)28-17-26(42-13-15-46-16-14-42)7-8-31(28)43(33)21-35(36,37)38;1-18(2)28-17-29-25(27)33-32-21-12-26(13-21)15-34(16-26)14-22(20-8-4-5-9-20)23(36)31-19(3)24(37)35-11-7-6-10-30-35;2*1-2/h7-8,17-18,20,23-25H,5-6,9-16,19,21-22H2,1-4H3;17-22,30,32H,4-16H2,1-3H3,(H,31,36)(H,28,29,33);1-2H3;1H2. The lowest BCUT2D eigenvalue weighted by atomic mass is 9.60. The zero-order valence-electron chi connectivity index (χ0n) is 53.6. The number of fused-ring (bicyclic) bond motifs is 1. The molecule has 20 nitrogen and oxygen atoms in total. The van der Waals surface area contributed by atoms with Gasteiger partial charge in [0.1, 0.15) is 25.7 Å². The van der Waals surface area contributed by atoms with Gasteiger partial charge in [0.2, 0.25) is 11.2 Å². The van der Waals surface area contributed by atoms with E-state index < -0.39 is 30.3 Å². The van der Waals surface area contributed by atoms with E-state index in [1.807, 2.05) is 92.6 Å². The third kappa shape index (κ3) is 18.8. The summed E-state index contributed by atoms with van der Waals surface area (Å²) in [7, 11) is 1.59. The van der Waals surface area contributed by atoms with Crippen LogP contribution in [0.3, 0.4) is 0 Å². The van der Waals surface area contributed by atoms with E-state index in [0.717, 1.165) is 113 Å². The topological polar surface area (TPSA) is 203 Å². The van der Waals surface area contributed by atoms with E-state index in [1.54, 1.807) is 12.1 Å². The van der Waals surface area contributed by atoms with Gasteiger partial charge in [0.25, 0.3) is 12.4 Å². The number of hydrogen-bond acceptors (Lipinski definition) is 15. The monoisotopic (exact) mass is 1250 g/mol. The molecular weight excluding hydrogens is 1160 g/mol. The fourth-order valence-electron chi connectivity index (χ4n) is 13.5. The number of hydrogen-bond donors (Lipinski definition) is 4. The molecule has 7 aliphatic rings. The van der Waals surface area contributed by atoms with Crippen molar-refractivity contribution in [3.8, 4) is 11.3 Å². The number of halogens is 4. The molecule has 0 radical (unpaired) electrons. The molecule has 1 spiro atoms. The lowest BCUT2D eigenvalue weighted by molar-refractivity contribution is -0.142. The zero-order chi connectivity index (χ0) is 63.8. The number of amidine groups is 1. The number of nitrogens with one attached hydrogen (secondary N) is 4. The maximum atomic E-state index is 14.5. The molecule has 3 saturated carbocycles. The van der Waals surface area contributed by atoms with Crippen LogP contribution >= 0.6 is 11.6 Å². The van der Waals surface area contributed by atoms with Gasteiger partial charge in [-0.25, -0.2) is 15.8 Å². The number of rotatable bonds is 22. The minimum atomic E-state index is -4.48. The van der Waals surface area contributed by atoms with Crippen LogP contribution in [0.5, 0.6) is 0 Å². The summed E-state index contributed by atoms with van der Waals surface area (Å²) in [6, 6.07) is 8.45. The molecule has 0 bridgehead atoms. The number of morpholine rings is 1. The maximum Gasteiger partial charge on any atom is 0.406 e. The summed E-state index contributed by atoms with van der Waals surface area (Å²) in [6.07, 6.45) is 10.1. The number of hydrazine groups is 2. The third-order valence-corrected chi connectivity index (χ3v) is 18.2. The number of carbonyl (C=O) groups excluding carboxylic acids is 4. The molecule has 24 heteroatoms. The molecule has 4 N–H and O–H groups in total. The van der Waals surface area contributed by atoms with Crippen molar-refractivity contribution in [2.45, 2.75) is 169 Å².